The molecular weight excluding hydrogens is 505 g/mol. The predicted molar refractivity (Wildman–Crippen MR) is 139 cm³/mol. The number of hydrogen-bond donors (Lipinski definition) is 1. The van der Waals surface area contributed by atoms with E-state index in [4.69, 9.17) is 11.6 Å². The number of hydrogen-bond acceptors (Lipinski definition) is 4. The highest BCUT2D eigenvalue weighted by atomic mass is 35.5. The highest BCUT2D eigenvalue weighted by Crippen LogP contribution is 2.27. The minimum absolute atomic E-state index is 0.125. The molecule has 7 nitrogen and oxygen atoms in total. The first-order chi connectivity index (χ1) is 17.1. The van der Waals surface area contributed by atoms with Crippen LogP contribution in [0.25, 0.3) is 0 Å². The molecule has 0 bridgehead atoms. The maximum Gasteiger partial charge on any atom is 0.244 e. The first-order valence-electron chi connectivity index (χ1n) is 11.1. The Morgan fingerprint density at radius 3 is 2.19 bits per heavy atom. The number of likely N-dealkylation sites (N-methyl/N-ethyl adjacent to an activating group) is 1. The molecule has 190 valence electrons. The van der Waals surface area contributed by atoms with Crippen LogP contribution in [-0.4, -0.2) is 51.0 Å². The molecule has 0 aromatic heterocycles. The number of carbonyl (C=O) groups is 2. The third-order valence-electron chi connectivity index (χ3n) is 5.62. The third-order valence-corrected chi connectivity index (χ3v) is 7.06. The SMILES string of the molecule is CNC(=O)[C@@H](Cc1ccccc1)N(Cc1ccccc1F)C(=O)CN(c1ccccc1Cl)S(C)(=O)=O. The molecule has 0 aliphatic rings. The number of carbonyl (C=O) groups excluding carboxylic acids is 2. The van der Waals surface area contributed by atoms with Gasteiger partial charge in [0.25, 0.3) is 0 Å². The van der Waals surface area contributed by atoms with Crippen LogP contribution in [0.1, 0.15) is 11.1 Å². The summed E-state index contributed by atoms with van der Waals surface area (Å²) in [5.41, 5.74) is 1.10. The van der Waals surface area contributed by atoms with E-state index in [0.29, 0.717) is 0 Å². The zero-order valence-corrected chi connectivity index (χ0v) is 21.5. The molecule has 0 fully saturated rings. The largest absolute Gasteiger partial charge is 0.357 e. The molecule has 3 aromatic carbocycles. The molecule has 0 saturated heterocycles. The van der Waals surface area contributed by atoms with Crippen molar-refractivity contribution in [1.29, 1.82) is 0 Å². The third kappa shape index (κ3) is 6.83. The molecule has 2 amide bonds. The molecule has 0 aliphatic carbocycles. The van der Waals surface area contributed by atoms with E-state index in [1.165, 1.54) is 42.3 Å². The predicted octanol–water partition coefficient (Wildman–Crippen LogP) is 3.63. The Labute approximate surface area is 215 Å². The van der Waals surface area contributed by atoms with Gasteiger partial charge >= 0.3 is 0 Å². The highest BCUT2D eigenvalue weighted by Gasteiger charge is 2.33. The lowest BCUT2D eigenvalue weighted by Gasteiger charge is -2.33. The Morgan fingerprint density at radius 1 is 0.972 bits per heavy atom. The second kappa shape index (κ2) is 12.0. The summed E-state index contributed by atoms with van der Waals surface area (Å²) in [5, 5.41) is 2.71. The second-order valence-corrected chi connectivity index (χ2v) is 10.5. The summed E-state index contributed by atoms with van der Waals surface area (Å²) in [4.78, 5) is 27.9. The lowest BCUT2D eigenvalue weighted by Crippen LogP contribution is -2.53. The number of nitrogens with zero attached hydrogens (tertiary/aromatic N) is 2. The van der Waals surface area contributed by atoms with Crippen LogP contribution >= 0.6 is 11.6 Å². The van der Waals surface area contributed by atoms with Gasteiger partial charge in [-0.15, -0.1) is 0 Å². The summed E-state index contributed by atoms with van der Waals surface area (Å²) in [6.07, 6.45) is 1.11. The van der Waals surface area contributed by atoms with Crippen LogP contribution in [0.3, 0.4) is 0 Å². The van der Waals surface area contributed by atoms with Gasteiger partial charge in [-0.2, -0.15) is 0 Å². The van der Waals surface area contributed by atoms with Crippen LogP contribution in [-0.2, 0) is 32.6 Å². The Morgan fingerprint density at radius 2 is 1.58 bits per heavy atom. The van der Waals surface area contributed by atoms with Gasteiger partial charge in [0, 0.05) is 25.6 Å². The van der Waals surface area contributed by atoms with Crippen molar-refractivity contribution >= 4 is 39.1 Å². The lowest BCUT2D eigenvalue weighted by molar-refractivity contribution is -0.139. The summed E-state index contributed by atoms with van der Waals surface area (Å²) >= 11 is 6.24. The molecular formula is C26H27ClFN3O4S. The van der Waals surface area contributed by atoms with Gasteiger partial charge < -0.3 is 10.2 Å². The minimum Gasteiger partial charge on any atom is -0.357 e. The fourth-order valence-electron chi connectivity index (χ4n) is 3.78. The topological polar surface area (TPSA) is 86.8 Å². The van der Waals surface area contributed by atoms with E-state index in [9.17, 15) is 22.4 Å². The van der Waals surface area contributed by atoms with Crippen LogP contribution < -0.4 is 9.62 Å². The molecule has 0 unspecified atom stereocenters. The second-order valence-electron chi connectivity index (χ2n) is 8.15. The fraction of sp³-hybridized carbons (Fsp3) is 0.231. The van der Waals surface area contributed by atoms with E-state index in [0.717, 1.165) is 16.1 Å². The number of benzene rings is 3. The number of amides is 2. The van der Waals surface area contributed by atoms with Crippen molar-refractivity contribution in [2.24, 2.45) is 0 Å². The molecule has 3 rings (SSSR count). The van der Waals surface area contributed by atoms with E-state index in [2.05, 4.69) is 5.32 Å². The highest BCUT2D eigenvalue weighted by molar-refractivity contribution is 7.92. The summed E-state index contributed by atoms with van der Waals surface area (Å²) in [6.45, 7) is -0.865. The molecule has 1 atom stereocenters. The van der Waals surface area contributed by atoms with Crippen molar-refractivity contribution in [1.82, 2.24) is 10.2 Å². The van der Waals surface area contributed by atoms with Crippen LogP contribution in [0.4, 0.5) is 10.1 Å². The van der Waals surface area contributed by atoms with Gasteiger partial charge in [0.15, 0.2) is 0 Å². The van der Waals surface area contributed by atoms with E-state index < -0.39 is 40.2 Å². The number of sulfonamides is 1. The van der Waals surface area contributed by atoms with Crippen LogP contribution in [0, 0.1) is 5.82 Å². The van der Waals surface area contributed by atoms with Gasteiger partial charge in [-0.3, -0.25) is 13.9 Å². The maximum absolute atomic E-state index is 14.6. The molecule has 0 radical (unpaired) electrons. The number of halogens is 2. The lowest BCUT2D eigenvalue weighted by atomic mass is 10.0. The van der Waals surface area contributed by atoms with Crippen molar-refractivity contribution < 1.29 is 22.4 Å². The zero-order valence-electron chi connectivity index (χ0n) is 19.9. The Balaban J connectivity index is 2.05. The van der Waals surface area contributed by atoms with Crippen molar-refractivity contribution in [3.63, 3.8) is 0 Å². The smallest absolute Gasteiger partial charge is 0.244 e. The summed E-state index contributed by atoms with van der Waals surface area (Å²) in [7, 11) is -2.49. The van der Waals surface area contributed by atoms with Gasteiger partial charge in [-0.1, -0.05) is 72.3 Å². The van der Waals surface area contributed by atoms with E-state index in [1.54, 1.807) is 18.2 Å². The molecule has 0 heterocycles. The monoisotopic (exact) mass is 531 g/mol. The van der Waals surface area contributed by atoms with Gasteiger partial charge in [0.05, 0.1) is 17.0 Å². The normalized spacial score (nSPS) is 12.0. The van der Waals surface area contributed by atoms with Crippen LogP contribution in [0.5, 0.6) is 0 Å². The van der Waals surface area contributed by atoms with Crippen molar-refractivity contribution in [3.05, 3.63) is 101 Å². The number of nitrogens with one attached hydrogen (secondary N) is 1. The quantitative estimate of drug-likeness (QED) is 0.433. The van der Waals surface area contributed by atoms with Gasteiger partial charge in [-0.25, -0.2) is 12.8 Å². The average Bonchev–Trinajstić information content (AvgIpc) is 2.85. The average molecular weight is 532 g/mol. The molecule has 0 aliphatic heterocycles. The fourth-order valence-corrected chi connectivity index (χ4v) is 4.93. The van der Waals surface area contributed by atoms with E-state index in [-0.39, 0.29) is 29.2 Å². The molecule has 0 spiro atoms. The molecule has 0 saturated carbocycles. The maximum atomic E-state index is 14.6. The standard InChI is InChI=1S/C26H27ClFN3O4S/c1-29-26(33)24(16-19-10-4-3-5-11-19)30(17-20-12-6-8-14-22(20)28)25(32)18-31(36(2,34)35)23-15-9-7-13-21(23)27/h3-15,24H,16-18H2,1-2H3,(H,29,33)/t24-/m1/s1. The molecule has 36 heavy (non-hydrogen) atoms. The first-order valence-corrected chi connectivity index (χ1v) is 13.3. The molecule has 10 heteroatoms. The van der Waals surface area contributed by atoms with Crippen molar-refractivity contribution in [2.45, 2.75) is 19.0 Å². The van der Waals surface area contributed by atoms with Gasteiger partial charge in [0.1, 0.15) is 18.4 Å². The minimum atomic E-state index is -3.93. The number of para-hydroxylation sites is 1. The zero-order chi connectivity index (χ0) is 26.3. The summed E-state index contributed by atoms with van der Waals surface area (Å²) in [5.74, 6) is -1.70. The number of anilines is 1. The van der Waals surface area contributed by atoms with Crippen molar-refractivity contribution in [3.8, 4) is 0 Å². The summed E-state index contributed by atoms with van der Waals surface area (Å²) in [6, 6.07) is 20.2. The Hall–Kier alpha value is -3.43. The first kappa shape index (κ1) is 27.2. The van der Waals surface area contributed by atoms with Gasteiger partial charge in [-0.05, 0) is 23.8 Å². The van der Waals surface area contributed by atoms with Crippen LogP contribution in [0.15, 0.2) is 78.9 Å². The molecule has 3 aromatic rings. The van der Waals surface area contributed by atoms with Crippen molar-refractivity contribution in [2.75, 3.05) is 24.2 Å². The number of rotatable bonds is 10. The van der Waals surface area contributed by atoms with E-state index >= 15 is 0 Å². The summed E-state index contributed by atoms with van der Waals surface area (Å²) < 4.78 is 40.8. The Bertz CT molecular complexity index is 1320. The Kier molecular flexibility index (Phi) is 9.06. The van der Waals surface area contributed by atoms with Crippen LogP contribution in [0.2, 0.25) is 5.02 Å². The van der Waals surface area contributed by atoms with Gasteiger partial charge in [0.2, 0.25) is 21.8 Å². The molecule has 1 N–H and O–H groups in total. The van der Waals surface area contributed by atoms with E-state index in [1.807, 2.05) is 30.3 Å².